The van der Waals surface area contributed by atoms with Crippen LogP contribution in [0.2, 0.25) is 0 Å². The molecule has 2 saturated carbocycles. The molecule has 112 valence electrons. The molecule has 0 spiro atoms. The molecule has 0 bridgehead atoms. The van der Waals surface area contributed by atoms with Crippen LogP contribution in [-0.2, 0) is 13.1 Å². The highest BCUT2D eigenvalue weighted by Gasteiger charge is 2.23. The molecule has 2 fully saturated rings. The first-order valence-electron chi connectivity index (χ1n) is 8.32. The molecular weight excluding hydrogens is 248 g/mol. The van der Waals surface area contributed by atoms with E-state index in [9.17, 15) is 0 Å². The maximum absolute atomic E-state index is 5.91. The van der Waals surface area contributed by atoms with Gasteiger partial charge in [0.05, 0.1) is 6.54 Å². The second kappa shape index (κ2) is 6.31. The summed E-state index contributed by atoms with van der Waals surface area (Å²) >= 11 is 0. The summed E-state index contributed by atoms with van der Waals surface area (Å²) in [6.45, 7) is 7.48. The molecule has 3 rings (SSSR count). The van der Waals surface area contributed by atoms with Crippen LogP contribution in [0.1, 0.15) is 62.5 Å². The maximum atomic E-state index is 5.91. The molecule has 0 atom stereocenters. The Morgan fingerprint density at radius 2 is 2.00 bits per heavy atom. The third-order valence-corrected chi connectivity index (χ3v) is 4.83. The van der Waals surface area contributed by atoms with E-state index in [2.05, 4.69) is 30.1 Å². The Morgan fingerprint density at radius 1 is 1.25 bits per heavy atom. The lowest BCUT2D eigenvalue weighted by atomic mass is 10.1. The summed E-state index contributed by atoms with van der Waals surface area (Å²) in [5.74, 6) is 2.21. The minimum absolute atomic E-state index is 0.745. The van der Waals surface area contributed by atoms with Crippen LogP contribution in [-0.4, -0.2) is 23.5 Å². The molecule has 2 aliphatic carbocycles. The summed E-state index contributed by atoms with van der Waals surface area (Å²) in [6, 6.07) is 3.80. The fourth-order valence-electron chi connectivity index (χ4n) is 3.35. The Balaban J connectivity index is 1.59. The maximum Gasteiger partial charge on any atom is 0.118 e. The molecule has 2 aliphatic rings. The molecule has 3 nitrogen and oxygen atoms in total. The third kappa shape index (κ3) is 3.44. The number of nitrogens with one attached hydrogen (secondary N) is 1. The number of hydrogen-bond acceptors (Lipinski definition) is 3. The Labute approximate surface area is 122 Å². The normalized spacial score (nSPS) is 20.1. The standard InChI is InChI=1S/C17H28N2O/c1-3-19(16-6-4-5-7-16)12-14-10-17(20-13(14)2)11-18-15-8-9-15/h10,15-16,18H,3-9,11-12H2,1-2H3. The van der Waals surface area contributed by atoms with Crippen LogP contribution in [0.3, 0.4) is 0 Å². The van der Waals surface area contributed by atoms with Gasteiger partial charge in [-0.2, -0.15) is 0 Å². The molecule has 0 saturated heterocycles. The van der Waals surface area contributed by atoms with Gasteiger partial charge in [0.1, 0.15) is 11.5 Å². The summed E-state index contributed by atoms with van der Waals surface area (Å²) in [6.07, 6.45) is 8.22. The summed E-state index contributed by atoms with van der Waals surface area (Å²) in [7, 11) is 0. The van der Waals surface area contributed by atoms with Crippen molar-refractivity contribution in [3.63, 3.8) is 0 Å². The molecule has 0 unspecified atom stereocenters. The molecule has 20 heavy (non-hydrogen) atoms. The van der Waals surface area contributed by atoms with Gasteiger partial charge in [0.25, 0.3) is 0 Å². The topological polar surface area (TPSA) is 28.4 Å². The number of hydrogen-bond donors (Lipinski definition) is 1. The quantitative estimate of drug-likeness (QED) is 0.824. The van der Waals surface area contributed by atoms with E-state index >= 15 is 0 Å². The van der Waals surface area contributed by atoms with Crippen molar-refractivity contribution in [2.45, 2.75) is 77.5 Å². The van der Waals surface area contributed by atoms with Gasteiger partial charge < -0.3 is 9.73 Å². The fourth-order valence-corrected chi connectivity index (χ4v) is 3.35. The van der Waals surface area contributed by atoms with Gasteiger partial charge in [0.15, 0.2) is 0 Å². The summed E-state index contributed by atoms with van der Waals surface area (Å²) < 4.78 is 5.91. The predicted molar refractivity (Wildman–Crippen MR) is 81.6 cm³/mol. The van der Waals surface area contributed by atoms with Gasteiger partial charge in [-0.3, -0.25) is 4.90 Å². The lowest BCUT2D eigenvalue weighted by Gasteiger charge is -2.27. The van der Waals surface area contributed by atoms with Crippen LogP contribution in [0.15, 0.2) is 10.5 Å². The monoisotopic (exact) mass is 276 g/mol. The van der Waals surface area contributed by atoms with E-state index in [1.54, 1.807) is 0 Å². The van der Waals surface area contributed by atoms with E-state index < -0.39 is 0 Å². The molecule has 0 amide bonds. The summed E-state index contributed by atoms with van der Waals surface area (Å²) in [5, 5.41) is 3.53. The van der Waals surface area contributed by atoms with Gasteiger partial charge in [-0.05, 0) is 45.2 Å². The van der Waals surface area contributed by atoms with Crippen molar-refractivity contribution in [3.8, 4) is 0 Å². The first-order valence-corrected chi connectivity index (χ1v) is 8.32. The Kier molecular flexibility index (Phi) is 4.47. The molecule has 0 radical (unpaired) electrons. The van der Waals surface area contributed by atoms with Gasteiger partial charge in [-0.1, -0.05) is 19.8 Å². The van der Waals surface area contributed by atoms with E-state index in [1.807, 2.05) is 0 Å². The highest BCUT2D eigenvalue weighted by Crippen LogP contribution is 2.26. The van der Waals surface area contributed by atoms with E-state index in [1.165, 1.54) is 44.1 Å². The lowest BCUT2D eigenvalue weighted by Crippen LogP contribution is -2.32. The van der Waals surface area contributed by atoms with Crippen molar-refractivity contribution in [2.75, 3.05) is 6.54 Å². The van der Waals surface area contributed by atoms with Crippen molar-refractivity contribution < 1.29 is 4.42 Å². The summed E-state index contributed by atoms with van der Waals surface area (Å²) in [4.78, 5) is 2.63. The van der Waals surface area contributed by atoms with Gasteiger partial charge in [-0.25, -0.2) is 0 Å². The second-order valence-corrected chi connectivity index (χ2v) is 6.45. The Bertz CT molecular complexity index is 430. The van der Waals surface area contributed by atoms with Crippen molar-refractivity contribution in [2.24, 2.45) is 0 Å². The van der Waals surface area contributed by atoms with E-state index in [0.717, 1.165) is 43.2 Å². The van der Waals surface area contributed by atoms with Crippen LogP contribution in [0.4, 0.5) is 0 Å². The summed E-state index contributed by atoms with van der Waals surface area (Å²) in [5.41, 5.74) is 1.38. The van der Waals surface area contributed by atoms with Gasteiger partial charge in [0.2, 0.25) is 0 Å². The molecule has 1 aromatic rings. The fraction of sp³-hybridized carbons (Fsp3) is 0.765. The average molecular weight is 276 g/mol. The molecular formula is C17H28N2O. The number of rotatable bonds is 7. The number of furan rings is 1. The zero-order valence-electron chi connectivity index (χ0n) is 13.0. The molecule has 1 aromatic heterocycles. The van der Waals surface area contributed by atoms with Crippen LogP contribution < -0.4 is 5.32 Å². The average Bonchev–Trinajstić information content (AvgIpc) is 2.98. The largest absolute Gasteiger partial charge is 0.465 e. The molecule has 1 heterocycles. The molecule has 0 aliphatic heterocycles. The molecule has 3 heteroatoms. The van der Waals surface area contributed by atoms with Crippen LogP contribution >= 0.6 is 0 Å². The van der Waals surface area contributed by atoms with Gasteiger partial charge in [0, 0.05) is 24.2 Å². The van der Waals surface area contributed by atoms with Gasteiger partial charge >= 0.3 is 0 Å². The zero-order chi connectivity index (χ0) is 13.9. The minimum Gasteiger partial charge on any atom is -0.465 e. The predicted octanol–water partition coefficient (Wildman–Crippen LogP) is 3.60. The third-order valence-electron chi connectivity index (χ3n) is 4.83. The van der Waals surface area contributed by atoms with Crippen LogP contribution in [0.25, 0.3) is 0 Å². The molecule has 0 aromatic carbocycles. The van der Waals surface area contributed by atoms with Crippen LogP contribution in [0.5, 0.6) is 0 Å². The van der Waals surface area contributed by atoms with Crippen LogP contribution in [0, 0.1) is 6.92 Å². The number of nitrogens with zero attached hydrogens (tertiary/aromatic N) is 1. The lowest BCUT2D eigenvalue weighted by molar-refractivity contribution is 0.199. The molecule has 1 N–H and O–H groups in total. The minimum atomic E-state index is 0.745. The Hall–Kier alpha value is -0.800. The van der Waals surface area contributed by atoms with Crippen molar-refractivity contribution in [1.29, 1.82) is 0 Å². The van der Waals surface area contributed by atoms with Crippen molar-refractivity contribution in [3.05, 3.63) is 23.2 Å². The smallest absolute Gasteiger partial charge is 0.118 e. The second-order valence-electron chi connectivity index (χ2n) is 6.45. The SMILES string of the molecule is CCN(Cc1cc(CNC2CC2)oc1C)C1CCCC1. The first kappa shape index (κ1) is 14.2. The van der Waals surface area contributed by atoms with E-state index in [4.69, 9.17) is 4.42 Å². The van der Waals surface area contributed by atoms with Gasteiger partial charge in [-0.15, -0.1) is 0 Å². The zero-order valence-corrected chi connectivity index (χ0v) is 13.0. The van der Waals surface area contributed by atoms with Crippen molar-refractivity contribution in [1.82, 2.24) is 10.2 Å². The highest BCUT2D eigenvalue weighted by atomic mass is 16.3. The highest BCUT2D eigenvalue weighted by molar-refractivity contribution is 5.21. The van der Waals surface area contributed by atoms with Crippen molar-refractivity contribution >= 4 is 0 Å². The first-order chi connectivity index (χ1) is 9.76. The van der Waals surface area contributed by atoms with E-state index in [0.29, 0.717) is 0 Å². The van der Waals surface area contributed by atoms with E-state index in [-0.39, 0.29) is 0 Å². The Morgan fingerprint density at radius 3 is 2.65 bits per heavy atom. The number of aryl methyl sites for hydroxylation is 1.